The summed E-state index contributed by atoms with van der Waals surface area (Å²) in [5, 5.41) is 15.0. The molecule has 2 fully saturated rings. The Bertz CT molecular complexity index is 1070. The SMILES string of the molecule is O=C(NC1CCCC(C(=O)N[C@@H]2CCO[C@@H]2C(=O)O)C1)OCC1c2ccccc2-c2ccccc21. The number of ether oxygens (including phenoxy) is 2. The third-order valence-electron chi connectivity index (χ3n) is 7.37. The summed E-state index contributed by atoms with van der Waals surface area (Å²) >= 11 is 0. The van der Waals surface area contributed by atoms with Crippen LogP contribution in [0.1, 0.15) is 49.1 Å². The zero-order valence-corrected chi connectivity index (χ0v) is 19.4. The highest BCUT2D eigenvalue weighted by molar-refractivity contribution is 5.81. The van der Waals surface area contributed by atoms with Crippen LogP contribution in [-0.2, 0) is 19.1 Å². The van der Waals surface area contributed by atoms with Gasteiger partial charge in [-0.2, -0.15) is 0 Å². The maximum atomic E-state index is 12.8. The number of aliphatic carboxylic acids is 1. The smallest absolute Gasteiger partial charge is 0.407 e. The molecule has 184 valence electrons. The lowest BCUT2D eigenvalue weighted by atomic mass is 9.85. The zero-order chi connectivity index (χ0) is 24.4. The highest BCUT2D eigenvalue weighted by Gasteiger charge is 2.37. The first-order chi connectivity index (χ1) is 17.0. The van der Waals surface area contributed by atoms with Crippen molar-refractivity contribution in [3.63, 3.8) is 0 Å². The van der Waals surface area contributed by atoms with Gasteiger partial charge in [0, 0.05) is 24.5 Å². The Balaban J connectivity index is 1.14. The average molecular weight is 479 g/mol. The van der Waals surface area contributed by atoms with Gasteiger partial charge in [0.1, 0.15) is 6.61 Å². The highest BCUT2D eigenvalue weighted by atomic mass is 16.5. The molecule has 0 aromatic heterocycles. The molecular weight excluding hydrogens is 448 g/mol. The van der Waals surface area contributed by atoms with Crippen molar-refractivity contribution in [1.29, 1.82) is 0 Å². The fourth-order valence-corrected chi connectivity index (χ4v) is 5.65. The van der Waals surface area contributed by atoms with E-state index in [0.717, 1.165) is 24.0 Å². The fraction of sp³-hybridized carbons (Fsp3) is 0.444. The predicted molar refractivity (Wildman–Crippen MR) is 128 cm³/mol. The van der Waals surface area contributed by atoms with Crippen LogP contribution in [0.4, 0.5) is 4.79 Å². The van der Waals surface area contributed by atoms with E-state index in [1.54, 1.807) is 0 Å². The molecule has 0 bridgehead atoms. The molecule has 3 aliphatic rings. The number of hydrogen-bond donors (Lipinski definition) is 3. The van der Waals surface area contributed by atoms with Gasteiger partial charge in [-0.05, 0) is 47.9 Å². The zero-order valence-electron chi connectivity index (χ0n) is 19.4. The van der Waals surface area contributed by atoms with Gasteiger partial charge >= 0.3 is 12.1 Å². The number of nitrogens with one attached hydrogen (secondary N) is 2. The maximum absolute atomic E-state index is 12.8. The highest BCUT2D eigenvalue weighted by Crippen LogP contribution is 2.44. The second-order valence-electron chi connectivity index (χ2n) is 9.56. The van der Waals surface area contributed by atoms with Gasteiger partial charge in [0.25, 0.3) is 0 Å². The number of fused-ring (bicyclic) bond motifs is 3. The van der Waals surface area contributed by atoms with E-state index in [1.165, 1.54) is 11.1 Å². The van der Waals surface area contributed by atoms with Gasteiger partial charge in [-0.1, -0.05) is 55.0 Å². The third-order valence-corrected chi connectivity index (χ3v) is 7.37. The summed E-state index contributed by atoms with van der Waals surface area (Å²) in [6.07, 6.45) is 1.79. The van der Waals surface area contributed by atoms with E-state index in [1.807, 2.05) is 24.3 Å². The standard InChI is InChI=1S/C27H30N2O6/c30-25(29-23-12-13-34-24(23)26(31)32)16-6-5-7-17(14-16)28-27(33)35-15-22-20-10-3-1-8-18(20)19-9-2-4-11-21(19)22/h1-4,8-11,16-17,22-24H,5-7,12-15H2,(H,28,33)(H,29,30)(H,31,32)/t16?,17?,23-,24+/m1/s1. The summed E-state index contributed by atoms with van der Waals surface area (Å²) in [5.74, 6) is -1.52. The Morgan fingerprint density at radius 2 is 1.63 bits per heavy atom. The Hall–Kier alpha value is -3.39. The van der Waals surface area contributed by atoms with Gasteiger partial charge in [0.15, 0.2) is 6.10 Å². The Labute approximate surface area is 204 Å². The van der Waals surface area contributed by atoms with Crippen molar-refractivity contribution in [2.75, 3.05) is 13.2 Å². The number of amides is 2. The first-order valence-corrected chi connectivity index (χ1v) is 12.3. The van der Waals surface area contributed by atoms with Gasteiger partial charge in [0.05, 0.1) is 6.04 Å². The minimum Gasteiger partial charge on any atom is -0.479 e. The van der Waals surface area contributed by atoms with Crippen LogP contribution in [0.5, 0.6) is 0 Å². The molecule has 8 heteroatoms. The van der Waals surface area contributed by atoms with Crippen molar-refractivity contribution >= 4 is 18.0 Å². The number of carboxylic acids is 1. The largest absolute Gasteiger partial charge is 0.479 e. The lowest BCUT2D eigenvalue weighted by Gasteiger charge is -2.30. The van der Waals surface area contributed by atoms with Crippen molar-refractivity contribution in [2.45, 2.75) is 56.2 Å². The molecule has 0 spiro atoms. The van der Waals surface area contributed by atoms with E-state index in [4.69, 9.17) is 9.47 Å². The number of hydrogen-bond acceptors (Lipinski definition) is 5. The number of benzene rings is 2. The first kappa shape index (κ1) is 23.4. The Kier molecular flexibility index (Phi) is 6.72. The maximum Gasteiger partial charge on any atom is 0.407 e. The molecule has 8 nitrogen and oxygen atoms in total. The van der Waals surface area contributed by atoms with Crippen LogP contribution in [0.25, 0.3) is 11.1 Å². The second-order valence-corrected chi connectivity index (χ2v) is 9.56. The molecule has 2 aliphatic carbocycles. The molecule has 1 aliphatic heterocycles. The van der Waals surface area contributed by atoms with Crippen LogP contribution in [0, 0.1) is 5.92 Å². The summed E-state index contributed by atoms with van der Waals surface area (Å²) in [5.41, 5.74) is 4.67. The summed E-state index contributed by atoms with van der Waals surface area (Å²) in [6.45, 7) is 0.563. The van der Waals surface area contributed by atoms with Crippen molar-refractivity contribution < 1.29 is 29.0 Å². The van der Waals surface area contributed by atoms with Crippen molar-refractivity contribution in [1.82, 2.24) is 10.6 Å². The molecule has 2 aromatic rings. The van der Waals surface area contributed by atoms with Gasteiger partial charge in [-0.15, -0.1) is 0 Å². The van der Waals surface area contributed by atoms with Gasteiger partial charge < -0.3 is 25.2 Å². The third kappa shape index (κ3) is 4.89. The van der Waals surface area contributed by atoms with Gasteiger partial charge in [0.2, 0.25) is 5.91 Å². The van der Waals surface area contributed by atoms with Crippen molar-refractivity contribution in [2.24, 2.45) is 5.92 Å². The number of alkyl carbamates (subject to hydrolysis) is 1. The minimum absolute atomic E-state index is 0.00570. The average Bonchev–Trinajstić information content (AvgIpc) is 3.45. The Morgan fingerprint density at radius 3 is 2.31 bits per heavy atom. The minimum atomic E-state index is -1.06. The van der Waals surface area contributed by atoms with Crippen LogP contribution in [0.3, 0.4) is 0 Å². The van der Waals surface area contributed by atoms with E-state index in [0.29, 0.717) is 25.9 Å². The summed E-state index contributed by atoms with van der Waals surface area (Å²) in [7, 11) is 0. The number of carboxylic acid groups (broad SMARTS) is 1. The van der Waals surface area contributed by atoms with Crippen LogP contribution in [0.15, 0.2) is 48.5 Å². The quantitative estimate of drug-likeness (QED) is 0.586. The fourth-order valence-electron chi connectivity index (χ4n) is 5.65. The molecule has 2 amide bonds. The molecule has 5 rings (SSSR count). The number of rotatable bonds is 6. The normalized spacial score (nSPS) is 25.4. The predicted octanol–water partition coefficient (Wildman–Crippen LogP) is 3.44. The van der Waals surface area contributed by atoms with Gasteiger partial charge in [-0.3, -0.25) is 4.79 Å². The molecular formula is C27H30N2O6. The van der Waals surface area contributed by atoms with Crippen LogP contribution >= 0.6 is 0 Å². The molecule has 3 N–H and O–H groups in total. The van der Waals surface area contributed by atoms with Crippen LogP contribution in [0.2, 0.25) is 0 Å². The number of carbonyl (C=O) groups excluding carboxylic acids is 2. The molecule has 2 aromatic carbocycles. The van der Waals surface area contributed by atoms with E-state index in [-0.39, 0.29) is 30.4 Å². The molecule has 1 saturated heterocycles. The van der Waals surface area contributed by atoms with E-state index in [9.17, 15) is 19.5 Å². The molecule has 35 heavy (non-hydrogen) atoms. The summed E-state index contributed by atoms with van der Waals surface area (Å²) < 4.78 is 10.9. The lowest BCUT2D eigenvalue weighted by Crippen LogP contribution is -2.48. The monoisotopic (exact) mass is 478 g/mol. The molecule has 2 unspecified atom stereocenters. The summed E-state index contributed by atoms with van der Waals surface area (Å²) in [6, 6.07) is 15.7. The van der Waals surface area contributed by atoms with E-state index in [2.05, 4.69) is 34.9 Å². The summed E-state index contributed by atoms with van der Waals surface area (Å²) in [4.78, 5) is 36.7. The lowest BCUT2D eigenvalue weighted by molar-refractivity contribution is -0.148. The topological polar surface area (TPSA) is 114 Å². The molecule has 1 heterocycles. The van der Waals surface area contributed by atoms with Crippen molar-refractivity contribution in [3.8, 4) is 11.1 Å². The van der Waals surface area contributed by atoms with Crippen molar-refractivity contribution in [3.05, 3.63) is 59.7 Å². The first-order valence-electron chi connectivity index (χ1n) is 12.3. The Morgan fingerprint density at radius 1 is 0.943 bits per heavy atom. The van der Waals surface area contributed by atoms with Crippen LogP contribution in [-0.4, -0.2) is 54.5 Å². The molecule has 0 radical (unpaired) electrons. The molecule has 4 atom stereocenters. The van der Waals surface area contributed by atoms with E-state index < -0.39 is 24.2 Å². The van der Waals surface area contributed by atoms with Gasteiger partial charge in [-0.25, -0.2) is 9.59 Å². The second kappa shape index (κ2) is 10.1. The number of carbonyl (C=O) groups is 3. The van der Waals surface area contributed by atoms with Crippen LogP contribution < -0.4 is 10.6 Å². The van der Waals surface area contributed by atoms with E-state index >= 15 is 0 Å². The molecule has 1 saturated carbocycles.